The van der Waals surface area contributed by atoms with Crippen LogP contribution in [-0.2, 0) is 9.84 Å². The van der Waals surface area contributed by atoms with Crippen LogP contribution < -0.4 is 0 Å². The molecule has 1 N–H and O–H groups in total. The fourth-order valence-corrected chi connectivity index (χ4v) is 1.60. The van der Waals surface area contributed by atoms with Gasteiger partial charge in [0.1, 0.15) is 9.84 Å². The van der Waals surface area contributed by atoms with Crippen molar-refractivity contribution in [3.8, 4) is 0 Å². The van der Waals surface area contributed by atoms with Gasteiger partial charge in [0.15, 0.2) is 0 Å². The van der Waals surface area contributed by atoms with Crippen molar-refractivity contribution in [2.24, 2.45) is 5.92 Å². The van der Waals surface area contributed by atoms with Gasteiger partial charge in [0, 0.05) is 12.0 Å². The minimum absolute atomic E-state index is 0.187. The van der Waals surface area contributed by atoms with Gasteiger partial charge in [-0.15, -0.1) is 0 Å². The van der Waals surface area contributed by atoms with Crippen molar-refractivity contribution in [1.82, 2.24) is 0 Å². The van der Waals surface area contributed by atoms with E-state index >= 15 is 0 Å². The van der Waals surface area contributed by atoms with E-state index < -0.39 is 9.84 Å². The van der Waals surface area contributed by atoms with E-state index in [4.69, 9.17) is 5.11 Å². The molecule has 0 aliphatic carbocycles. The van der Waals surface area contributed by atoms with Gasteiger partial charge >= 0.3 is 0 Å². The van der Waals surface area contributed by atoms with Gasteiger partial charge in [0.2, 0.25) is 0 Å². The summed E-state index contributed by atoms with van der Waals surface area (Å²) in [5.41, 5.74) is 0. The molecular formula is C8H18O3S. The summed E-state index contributed by atoms with van der Waals surface area (Å²) in [6.45, 7) is 3.65. The second-order valence-corrected chi connectivity index (χ2v) is 5.75. The molecule has 74 valence electrons. The lowest BCUT2D eigenvalue weighted by Gasteiger charge is -2.13. The maximum atomic E-state index is 10.7. The van der Waals surface area contributed by atoms with Gasteiger partial charge in [-0.05, 0) is 25.7 Å². The highest BCUT2D eigenvalue weighted by atomic mass is 32.2. The number of hydrogen-bond donors (Lipinski definition) is 1. The highest BCUT2D eigenvalue weighted by molar-refractivity contribution is 7.90. The molecule has 0 saturated heterocycles. The van der Waals surface area contributed by atoms with Crippen molar-refractivity contribution < 1.29 is 13.5 Å². The predicted molar refractivity (Wildman–Crippen MR) is 49.8 cm³/mol. The molecule has 4 heteroatoms. The van der Waals surface area contributed by atoms with Crippen LogP contribution in [-0.4, -0.2) is 31.6 Å². The number of hydrogen-bond acceptors (Lipinski definition) is 3. The van der Waals surface area contributed by atoms with E-state index in [1.54, 1.807) is 6.92 Å². The summed E-state index contributed by atoms with van der Waals surface area (Å²) in [6, 6.07) is 0. The van der Waals surface area contributed by atoms with Crippen LogP contribution in [0.2, 0.25) is 0 Å². The smallest absolute Gasteiger partial charge is 0.147 e. The molecule has 0 aromatic rings. The third kappa shape index (κ3) is 6.61. The molecule has 0 rings (SSSR count). The highest BCUT2D eigenvalue weighted by Crippen LogP contribution is 2.10. The Morgan fingerprint density at radius 3 is 2.17 bits per heavy atom. The summed E-state index contributed by atoms with van der Waals surface area (Å²) in [4.78, 5) is 0. The van der Waals surface area contributed by atoms with Crippen molar-refractivity contribution in [3.63, 3.8) is 0 Å². The molecule has 0 aromatic carbocycles. The fraction of sp³-hybridized carbons (Fsp3) is 1.00. The van der Waals surface area contributed by atoms with E-state index in [0.29, 0.717) is 6.42 Å². The Hall–Kier alpha value is -0.0900. The topological polar surface area (TPSA) is 54.4 Å². The van der Waals surface area contributed by atoms with Crippen LogP contribution in [0.4, 0.5) is 0 Å². The summed E-state index contributed by atoms with van der Waals surface area (Å²) >= 11 is 0. The van der Waals surface area contributed by atoms with Gasteiger partial charge in [0.05, 0.1) is 6.10 Å². The maximum Gasteiger partial charge on any atom is 0.147 e. The highest BCUT2D eigenvalue weighted by Gasteiger charge is 2.09. The zero-order chi connectivity index (χ0) is 9.78. The third-order valence-corrected chi connectivity index (χ3v) is 3.03. The van der Waals surface area contributed by atoms with Crippen molar-refractivity contribution in [2.75, 3.05) is 12.0 Å². The summed E-state index contributed by atoms with van der Waals surface area (Å²) < 4.78 is 21.4. The van der Waals surface area contributed by atoms with Crippen molar-refractivity contribution in [3.05, 3.63) is 0 Å². The van der Waals surface area contributed by atoms with Crippen LogP contribution in [0.3, 0.4) is 0 Å². The van der Waals surface area contributed by atoms with Crippen molar-refractivity contribution >= 4 is 9.84 Å². The number of aliphatic hydroxyl groups excluding tert-OH is 1. The molecule has 0 saturated carbocycles. The Kier molecular flexibility index (Phi) is 4.78. The third-order valence-electron chi connectivity index (χ3n) is 2.00. The minimum atomic E-state index is -2.83. The second kappa shape index (κ2) is 4.82. The monoisotopic (exact) mass is 194 g/mol. The average Bonchev–Trinajstić information content (AvgIpc) is 1.84. The first-order chi connectivity index (χ1) is 5.33. The number of rotatable bonds is 5. The van der Waals surface area contributed by atoms with E-state index in [1.807, 2.05) is 6.92 Å². The van der Waals surface area contributed by atoms with E-state index in [9.17, 15) is 8.42 Å². The van der Waals surface area contributed by atoms with E-state index in [1.165, 1.54) is 6.26 Å². The summed E-state index contributed by atoms with van der Waals surface area (Å²) in [6.07, 6.45) is 2.31. The molecule has 0 radical (unpaired) electrons. The van der Waals surface area contributed by atoms with Crippen LogP contribution in [0, 0.1) is 5.92 Å². The molecule has 0 aromatic heterocycles. The first kappa shape index (κ1) is 11.9. The Bertz CT molecular complexity index is 206. The van der Waals surface area contributed by atoms with Gasteiger partial charge < -0.3 is 5.11 Å². The van der Waals surface area contributed by atoms with Crippen LogP contribution in [0.1, 0.15) is 26.7 Å². The predicted octanol–water partition coefficient (Wildman–Crippen LogP) is 0.828. The van der Waals surface area contributed by atoms with Crippen molar-refractivity contribution in [2.45, 2.75) is 32.8 Å². The molecule has 0 spiro atoms. The largest absolute Gasteiger partial charge is 0.393 e. The molecule has 0 amide bonds. The van der Waals surface area contributed by atoms with Gasteiger partial charge in [0.25, 0.3) is 0 Å². The summed E-state index contributed by atoms with van der Waals surface area (Å²) in [5.74, 6) is 0.413. The average molecular weight is 194 g/mol. The van der Waals surface area contributed by atoms with Crippen molar-refractivity contribution in [1.29, 1.82) is 0 Å². The van der Waals surface area contributed by atoms with Crippen LogP contribution in [0.5, 0.6) is 0 Å². The molecule has 2 atom stereocenters. The molecule has 2 unspecified atom stereocenters. The summed E-state index contributed by atoms with van der Waals surface area (Å²) in [7, 11) is -2.83. The Morgan fingerprint density at radius 2 is 1.83 bits per heavy atom. The molecule has 0 heterocycles. The van der Waals surface area contributed by atoms with E-state index in [-0.39, 0.29) is 17.8 Å². The SMILES string of the molecule is CC(O)C(C)CCCS(C)(=O)=O. The lowest BCUT2D eigenvalue weighted by Crippen LogP contribution is -2.14. The quantitative estimate of drug-likeness (QED) is 0.705. The molecule has 3 nitrogen and oxygen atoms in total. The van der Waals surface area contributed by atoms with E-state index in [2.05, 4.69) is 0 Å². The maximum absolute atomic E-state index is 10.7. The number of sulfone groups is 1. The Morgan fingerprint density at radius 1 is 1.33 bits per heavy atom. The summed E-state index contributed by atoms with van der Waals surface area (Å²) in [5, 5.41) is 9.10. The first-order valence-corrected chi connectivity index (χ1v) is 6.25. The molecule has 0 fully saturated rings. The van der Waals surface area contributed by atoms with Gasteiger partial charge in [-0.3, -0.25) is 0 Å². The number of aliphatic hydroxyl groups is 1. The van der Waals surface area contributed by atoms with Crippen LogP contribution in [0.25, 0.3) is 0 Å². The molecule has 0 aliphatic heterocycles. The lowest BCUT2D eigenvalue weighted by atomic mass is 10.0. The van der Waals surface area contributed by atoms with Gasteiger partial charge in [-0.2, -0.15) is 0 Å². The minimum Gasteiger partial charge on any atom is -0.393 e. The van der Waals surface area contributed by atoms with E-state index in [0.717, 1.165) is 6.42 Å². The first-order valence-electron chi connectivity index (χ1n) is 4.18. The van der Waals surface area contributed by atoms with Crippen LogP contribution in [0.15, 0.2) is 0 Å². The van der Waals surface area contributed by atoms with Gasteiger partial charge in [-0.25, -0.2) is 8.42 Å². The lowest BCUT2D eigenvalue weighted by molar-refractivity contribution is 0.130. The standard InChI is InChI=1S/C8H18O3S/c1-7(8(2)9)5-4-6-12(3,10)11/h7-9H,4-6H2,1-3H3. The zero-order valence-corrected chi connectivity index (χ0v) is 8.76. The second-order valence-electron chi connectivity index (χ2n) is 3.49. The molecule has 12 heavy (non-hydrogen) atoms. The Labute approximate surface area is 74.7 Å². The molecular weight excluding hydrogens is 176 g/mol. The fourth-order valence-electron chi connectivity index (χ4n) is 0.909. The van der Waals surface area contributed by atoms with Crippen LogP contribution >= 0.6 is 0 Å². The van der Waals surface area contributed by atoms with Gasteiger partial charge in [-0.1, -0.05) is 6.92 Å². The molecule has 0 aliphatic rings. The normalized spacial score (nSPS) is 17.3. The zero-order valence-electron chi connectivity index (χ0n) is 7.95. The molecule has 0 bridgehead atoms. The Balaban J connectivity index is 3.58.